The molecule has 4 nitrogen and oxygen atoms in total. The fraction of sp³-hybridized carbons (Fsp3) is 0.400. The van der Waals surface area contributed by atoms with Gasteiger partial charge >= 0.3 is 0 Å². The largest absolute Gasteiger partial charge is 0.365 e. The lowest BCUT2D eigenvalue weighted by Gasteiger charge is -2.02. The van der Waals surface area contributed by atoms with E-state index in [1.165, 1.54) is 0 Å². The standard InChI is InChI=1S/C10H14N4S/c1-3-6-14-8(4-5-13-14)9-7-12-10(11-2)15-9/h4-5,7H,3,6H2,1-2H3,(H,11,12). The summed E-state index contributed by atoms with van der Waals surface area (Å²) in [6.07, 6.45) is 4.82. The number of aryl methyl sites for hydroxylation is 1. The van der Waals surface area contributed by atoms with Crippen LogP contribution in [0.1, 0.15) is 13.3 Å². The molecule has 5 heteroatoms. The quantitative estimate of drug-likeness (QED) is 0.864. The average molecular weight is 222 g/mol. The SMILES string of the molecule is CCCn1nccc1-c1cnc(NC)s1. The highest BCUT2D eigenvalue weighted by Gasteiger charge is 2.08. The van der Waals surface area contributed by atoms with Gasteiger partial charge in [0.15, 0.2) is 5.13 Å². The number of nitrogens with zero attached hydrogens (tertiary/aromatic N) is 3. The average Bonchev–Trinajstić information content (AvgIpc) is 2.85. The third-order valence-corrected chi connectivity index (χ3v) is 3.16. The van der Waals surface area contributed by atoms with Crippen LogP contribution in [0.2, 0.25) is 0 Å². The summed E-state index contributed by atoms with van der Waals surface area (Å²) in [4.78, 5) is 5.42. The van der Waals surface area contributed by atoms with Gasteiger partial charge in [0, 0.05) is 26.0 Å². The zero-order chi connectivity index (χ0) is 10.7. The maximum absolute atomic E-state index is 4.29. The summed E-state index contributed by atoms with van der Waals surface area (Å²) in [5.41, 5.74) is 1.15. The lowest BCUT2D eigenvalue weighted by atomic mass is 10.3. The van der Waals surface area contributed by atoms with Gasteiger partial charge in [-0.1, -0.05) is 18.3 Å². The highest BCUT2D eigenvalue weighted by Crippen LogP contribution is 2.28. The van der Waals surface area contributed by atoms with Crippen molar-refractivity contribution in [3.8, 4) is 10.6 Å². The van der Waals surface area contributed by atoms with E-state index in [0.717, 1.165) is 28.7 Å². The Morgan fingerprint density at radius 2 is 2.40 bits per heavy atom. The van der Waals surface area contributed by atoms with Crippen LogP contribution in [0.5, 0.6) is 0 Å². The van der Waals surface area contributed by atoms with E-state index in [9.17, 15) is 0 Å². The molecule has 0 fully saturated rings. The smallest absolute Gasteiger partial charge is 0.182 e. The number of anilines is 1. The minimum atomic E-state index is 0.939. The minimum absolute atomic E-state index is 0.939. The van der Waals surface area contributed by atoms with Gasteiger partial charge in [0.05, 0.1) is 10.6 Å². The number of hydrogen-bond acceptors (Lipinski definition) is 4. The second-order valence-corrected chi connectivity index (χ2v) is 4.25. The molecule has 0 atom stereocenters. The van der Waals surface area contributed by atoms with E-state index >= 15 is 0 Å². The summed E-state index contributed by atoms with van der Waals surface area (Å²) >= 11 is 1.65. The second kappa shape index (κ2) is 4.44. The Morgan fingerprint density at radius 3 is 3.07 bits per heavy atom. The van der Waals surface area contributed by atoms with E-state index in [1.807, 2.05) is 30.2 Å². The Bertz CT molecular complexity index is 432. The van der Waals surface area contributed by atoms with Crippen molar-refractivity contribution in [1.82, 2.24) is 14.8 Å². The summed E-state index contributed by atoms with van der Waals surface area (Å²) in [6, 6.07) is 2.03. The lowest BCUT2D eigenvalue weighted by molar-refractivity contribution is 0.609. The molecule has 0 aliphatic rings. The number of aromatic nitrogens is 3. The second-order valence-electron chi connectivity index (χ2n) is 3.22. The molecular weight excluding hydrogens is 208 g/mol. The Morgan fingerprint density at radius 1 is 1.53 bits per heavy atom. The van der Waals surface area contributed by atoms with Gasteiger partial charge in [-0.2, -0.15) is 5.10 Å². The normalized spacial score (nSPS) is 10.5. The Balaban J connectivity index is 2.31. The minimum Gasteiger partial charge on any atom is -0.365 e. The van der Waals surface area contributed by atoms with Crippen molar-refractivity contribution in [3.63, 3.8) is 0 Å². The zero-order valence-corrected chi connectivity index (χ0v) is 9.71. The summed E-state index contributed by atoms with van der Waals surface area (Å²) in [5, 5.41) is 8.27. The van der Waals surface area contributed by atoms with Crippen molar-refractivity contribution in [1.29, 1.82) is 0 Å². The van der Waals surface area contributed by atoms with Gasteiger partial charge in [0.25, 0.3) is 0 Å². The molecule has 0 saturated carbocycles. The molecular formula is C10H14N4S. The lowest BCUT2D eigenvalue weighted by Crippen LogP contribution is -1.99. The Hall–Kier alpha value is -1.36. The molecule has 0 aliphatic carbocycles. The molecule has 2 rings (SSSR count). The molecule has 80 valence electrons. The predicted octanol–water partition coefficient (Wildman–Crippen LogP) is 2.46. The van der Waals surface area contributed by atoms with Gasteiger partial charge in [-0.3, -0.25) is 4.68 Å². The van der Waals surface area contributed by atoms with Crippen molar-refractivity contribution in [3.05, 3.63) is 18.5 Å². The number of hydrogen-bond donors (Lipinski definition) is 1. The van der Waals surface area contributed by atoms with Gasteiger partial charge in [-0.25, -0.2) is 4.98 Å². The van der Waals surface area contributed by atoms with Crippen LogP contribution in [0.4, 0.5) is 5.13 Å². The maximum Gasteiger partial charge on any atom is 0.182 e. The van der Waals surface area contributed by atoms with Crippen LogP contribution in [0, 0.1) is 0 Å². The third-order valence-electron chi connectivity index (χ3n) is 2.12. The van der Waals surface area contributed by atoms with Gasteiger partial charge < -0.3 is 5.32 Å². The first-order chi connectivity index (χ1) is 7.35. The molecule has 0 aliphatic heterocycles. The molecule has 0 aromatic carbocycles. The topological polar surface area (TPSA) is 42.7 Å². The first-order valence-electron chi connectivity index (χ1n) is 5.01. The van der Waals surface area contributed by atoms with E-state index in [-0.39, 0.29) is 0 Å². The fourth-order valence-corrected chi connectivity index (χ4v) is 2.24. The highest BCUT2D eigenvalue weighted by molar-refractivity contribution is 7.18. The van der Waals surface area contributed by atoms with Gasteiger partial charge in [0.1, 0.15) is 0 Å². The van der Waals surface area contributed by atoms with Crippen LogP contribution < -0.4 is 5.32 Å². The summed E-state index contributed by atoms with van der Waals surface area (Å²) < 4.78 is 2.02. The van der Waals surface area contributed by atoms with Crippen molar-refractivity contribution in [2.24, 2.45) is 0 Å². The van der Waals surface area contributed by atoms with Crippen LogP contribution in [0.15, 0.2) is 18.5 Å². The van der Waals surface area contributed by atoms with Crippen LogP contribution >= 0.6 is 11.3 Å². The molecule has 0 unspecified atom stereocenters. The molecule has 0 bridgehead atoms. The first-order valence-corrected chi connectivity index (χ1v) is 5.82. The van der Waals surface area contributed by atoms with Crippen LogP contribution in [0.25, 0.3) is 10.6 Å². The van der Waals surface area contributed by atoms with Crippen LogP contribution in [-0.4, -0.2) is 21.8 Å². The van der Waals surface area contributed by atoms with Crippen molar-refractivity contribution < 1.29 is 0 Å². The molecule has 2 aromatic rings. The van der Waals surface area contributed by atoms with Gasteiger partial charge in [-0.05, 0) is 12.5 Å². The van der Waals surface area contributed by atoms with E-state index < -0.39 is 0 Å². The summed E-state index contributed by atoms with van der Waals surface area (Å²) in [6.45, 7) is 3.10. The fourth-order valence-electron chi connectivity index (χ4n) is 1.44. The highest BCUT2D eigenvalue weighted by atomic mass is 32.1. The molecule has 2 heterocycles. The molecule has 0 saturated heterocycles. The van der Waals surface area contributed by atoms with Crippen LogP contribution in [-0.2, 0) is 6.54 Å². The Kier molecular flexibility index (Phi) is 3.01. The number of nitrogens with one attached hydrogen (secondary N) is 1. The van der Waals surface area contributed by atoms with Crippen molar-refractivity contribution in [2.75, 3.05) is 12.4 Å². The Labute approximate surface area is 93.0 Å². The molecule has 15 heavy (non-hydrogen) atoms. The molecule has 0 radical (unpaired) electrons. The monoisotopic (exact) mass is 222 g/mol. The maximum atomic E-state index is 4.29. The van der Waals surface area contributed by atoms with Crippen LogP contribution in [0.3, 0.4) is 0 Å². The molecule has 0 amide bonds. The van der Waals surface area contributed by atoms with Gasteiger partial charge in [0.2, 0.25) is 0 Å². The molecule has 0 spiro atoms. The summed E-state index contributed by atoms with van der Waals surface area (Å²) in [7, 11) is 1.88. The van der Waals surface area contributed by atoms with E-state index in [4.69, 9.17) is 0 Å². The van der Waals surface area contributed by atoms with E-state index in [1.54, 1.807) is 11.3 Å². The van der Waals surface area contributed by atoms with E-state index in [2.05, 4.69) is 22.3 Å². The number of thiazole rings is 1. The zero-order valence-electron chi connectivity index (χ0n) is 8.90. The van der Waals surface area contributed by atoms with Gasteiger partial charge in [-0.15, -0.1) is 0 Å². The molecule has 1 N–H and O–H groups in total. The third kappa shape index (κ3) is 2.02. The molecule has 2 aromatic heterocycles. The summed E-state index contributed by atoms with van der Waals surface area (Å²) in [5.74, 6) is 0. The number of rotatable bonds is 4. The van der Waals surface area contributed by atoms with Crippen molar-refractivity contribution in [2.45, 2.75) is 19.9 Å². The van der Waals surface area contributed by atoms with E-state index in [0.29, 0.717) is 0 Å². The predicted molar refractivity (Wildman–Crippen MR) is 63.2 cm³/mol. The van der Waals surface area contributed by atoms with Crippen molar-refractivity contribution >= 4 is 16.5 Å². The first kappa shape index (κ1) is 10.2.